The van der Waals surface area contributed by atoms with Gasteiger partial charge in [0.15, 0.2) is 8.32 Å². The molecule has 4 atom stereocenters. The fourth-order valence-corrected chi connectivity index (χ4v) is 4.52. The lowest BCUT2D eigenvalue weighted by molar-refractivity contribution is -0.142. The Balaban J connectivity index is 3.23. The van der Waals surface area contributed by atoms with Gasteiger partial charge in [-0.2, -0.15) is 0 Å². The molecule has 1 aliphatic rings. The largest absolute Gasteiger partial charge is 0.480 e. The number of aliphatic carboxylic acids is 1. The highest BCUT2D eigenvalue weighted by Crippen LogP contribution is 2.40. The van der Waals surface area contributed by atoms with E-state index in [0.717, 1.165) is 6.29 Å². The third-order valence-electron chi connectivity index (χ3n) is 6.38. The molecule has 4 unspecified atom stereocenters. The van der Waals surface area contributed by atoms with E-state index >= 15 is 0 Å². The van der Waals surface area contributed by atoms with E-state index in [0.29, 0.717) is 25.9 Å². The quantitative estimate of drug-likeness (QED) is 0.432. The van der Waals surface area contributed by atoms with Crippen molar-refractivity contribution in [2.75, 3.05) is 6.61 Å². The van der Waals surface area contributed by atoms with Crippen LogP contribution in [0.2, 0.25) is 18.1 Å². The van der Waals surface area contributed by atoms with Gasteiger partial charge < -0.3 is 19.1 Å². The first-order valence-electron chi connectivity index (χ1n) is 10.9. The second-order valence-corrected chi connectivity index (χ2v) is 15.7. The first-order chi connectivity index (χ1) is 13.5. The predicted molar refractivity (Wildman–Crippen MR) is 119 cm³/mol. The van der Waals surface area contributed by atoms with Gasteiger partial charge in [0, 0.05) is 24.5 Å². The fraction of sp³-hybridized carbons (Fsp3) is 0.864. The Labute approximate surface area is 182 Å². The molecular formula is C22H41NO6Si. The molecule has 0 saturated carbocycles. The Morgan fingerprint density at radius 3 is 2.17 bits per heavy atom. The molecule has 0 aromatic carbocycles. The van der Waals surface area contributed by atoms with Crippen LogP contribution in [0.15, 0.2) is 0 Å². The SMILES string of the molecule is CCC(C=O)CC1C(CO[Si](C)(C)C(C)(C)C)CC(C(=O)O)N1C(=O)OC(C)(C)C. The average molecular weight is 444 g/mol. The van der Waals surface area contributed by atoms with Crippen molar-refractivity contribution in [1.82, 2.24) is 4.90 Å². The number of ether oxygens (including phenoxy) is 1. The van der Waals surface area contributed by atoms with Gasteiger partial charge in [0.2, 0.25) is 0 Å². The third-order valence-corrected chi connectivity index (χ3v) is 10.9. The van der Waals surface area contributed by atoms with Crippen LogP contribution >= 0.6 is 0 Å². The minimum Gasteiger partial charge on any atom is -0.480 e. The van der Waals surface area contributed by atoms with E-state index in [4.69, 9.17) is 9.16 Å². The van der Waals surface area contributed by atoms with Crippen molar-refractivity contribution < 1.29 is 28.7 Å². The van der Waals surface area contributed by atoms with Crippen LogP contribution in [-0.2, 0) is 18.8 Å². The van der Waals surface area contributed by atoms with Crippen molar-refractivity contribution in [2.45, 2.75) is 104 Å². The molecule has 0 aromatic heterocycles. The molecule has 174 valence electrons. The number of amides is 1. The zero-order valence-corrected chi connectivity index (χ0v) is 21.2. The summed E-state index contributed by atoms with van der Waals surface area (Å²) in [6.45, 7) is 18.3. The van der Waals surface area contributed by atoms with Gasteiger partial charge in [-0.1, -0.05) is 27.7 Å². The van der Waals surface area contributed by atoms with Crippen molar-refractivity contribution in [2.24, 2.45) is 11.8 Å². The molecule has 0 aliphatic carbocycles. The Hall–Kier alpha value is -1.41. The van der Waals surface area contributed by atoms with Crippen LogP contribution in [0.3, 0.4) is 0 Å². The maximum absolute atomic E-state index is 13.0. The summed E-state index contributed by atoms with van der Waals surface area (Å²) in [6, 6.07) is -1.40. The molecule has 0 bridgehead atoms. The summed E-state index contributed by atoms with van der Waals surface area (Å²) >= 11 is 0. The molecule has 1 heterocycles. The van der Waals surface area contributed by atoms with Crippen LogP contribution in [0.4, 0.5) is 4.79 Å². The van der Waals surface area contributed by atoms with Crippen molar-refractivity contribution in [3.63, 3.8) is 0 Å². The number of hydrogen-bond donors (Lipinski definition) is 1. The van der Waals surface area contributed by atoms with Gasteiger partial charge in [0.05, 0.1) is 0 Å². The summed E-state index contributed by atoms with van der Waals surface area (Å²) < 4.78 is 11.9. The highest BCUT2D eigenvalue weighted by atomic mass is 28.4. The molecular weight excluding hydrogens is 402 g/mol. The summed E-state index contributed by atoms with van der Waals surface area (Å²) in [5.41, 5.74) is -0.741. The predicted octanol–water partition coefficient (Wildman–Crippen LogP) is 4.70. The lowest BCUT2D eigenvalue weighted by atomic mass is 9.90. The minimum absolute atomic E-state index is 0.0207. The number of rotatable bonds is 8. The number of nitrogens with zero attached hydrogens (tertiary/aromatic N) is 1. The fourth-order valence-electron chi connectivity index (χ4n) is 3.46. The van der Waals surface area contributed by atoms with E-state index in [1.165, 1.54) is 4.90 Å². The Kier molecular flexibility index (Phi) is 8.70. The molecule has 1 rings (SSSR count). The van der Waals surface area contributed by atoms with Crippen LogP contribution < -0.4 is 0 Å². The van der Waals surface area contributed by atoms with Crippen LogP contribution in [0.1, 0.15) is 67.7 Å². The third kappa shape index (κ3) is 6.80. The summed E-state index contributed by atoms with van der Waals surface area (Å²) in [5.74, 6) is -1.47. The summed E-state index contributed by atoms with van der Waals surface area (Å²) in [7, 11) is -2.05. The lowest BCUT2D eigenvalue weighted by Crippen LogP contribution is -2.49. The van der Waals surface area contributed by atoms with Crippen LogP contribution in [-0.4, -0.2) is 61.0 Å². The number of likely N-dealkylation sites (tertiary alicyclic amines) is 1. The Morgan fingerprint density at radius 2 is 1.77 bits per heavy atom. The molecule has 0 aromatic rings. The normalized spacial score (nSPS) is 23.9. The van der Waals surface area contributed by atoms with Gasteiger partial charge in [-0.25, -0.2) is 9.59 Å². The molecule has 0 radical (unpaired) electrons. The van der Waals surface area contributed by atoms with E-state index in [2.05, 4.69) is 33.9 Å². The zero-order chi connectivity index (χ0) is 23.5. The molecule has 8 heteroatoms. The monoisotopic (exact) mass is 443 g/mol. The van der Waals surface area contributed by atoms with Gasteiger partial charge >= 0.3 is 12.1 Å². The minimum atomic E-state index is -2.05. The standard InChI is InChI=1S/C22H41NO6Si/c1-10-15(13-24)11-17-16(14-28-30(8,9)22(5,6)7)12-18(19(25)26)23(17)20(27)29-21(2,3)4/h13,15-18H,10-12,14H2,1-9H3,(H,25,26). The molecule has 1 amide bonds. The van der Waals surface area contributed by atoms with Gasteiger partial charge in [-0.05, 0) is 58.2 Å². The molecule has 30 heavy (non-hydrogen) atoms. The van der Waals surface area contributed by atoms with Crippen LogP contribution in [0.5, 0.6) is 0 Å². The van der Waals surface area contributed by atoms with Gasteiger partial charge in [-0.15, -0.1) is 0 Å². The van der Waals surface area contributed by atoms with E-state index in [-0.39, 0.29) is 16.9 Å². The average Bonchev–Trinajstić information content (AvgIpc) is 2.94. The van der Waals surface area contributed by atoms with Crippen LogP contribution in [0, 0.1) is 11.8 Å². The molecule has 1 fully saturated rings. The first-order valence-corrected chi connectivity index (χ1v) is 13.8. The van der Waals surface area contributed by atoms with Gasteiger partial charge in [0.25, 0.3) is 0 Å². The van der Waals surface area contributed by atoms with Crippen molar-refractivity contribution in [1.29, 1.82) is 0 Å². The van der Waals surface area contributed by atoms with Crippen LogP contribution in [0.25, 0.3) is 0 Å². The smallest absolute Gasteiger partial charge is 0.411 e. The van der Waals surface area contributed by atoms with Gasteiger partial charge in [-0.3, -0.25) is 4.90 Å². The van der Waals surface area contributed by atoms with Gasteiger partial charge in [0.1, 0.15) is 17.9 Å². The van der Waals surface area contributed by atoms with E-state index in [9.17, 15) is 19.5 Å². The maximum Gasteiger partial charge on any atom is 0.411 e. The van der Waals surface area contributed by atoms with E-state index < -0.39 is 38.1 Å². The second kappa shape index (κ2) is 9.81. The maximum atomic E-state index is 13.0. The molecule has 1 saturated heterocycles. The number of hydrogen-bond acceptors (Lipinski definition) is 5. The highest BCUT2D eigenvalue weighted by Gasteiger charge is 2.50. The van der Waals surface area contributed by atoms with Crippen molar-refractivity contribution in [3.05, 3.63) is 0 Å². The molecule has 1 N–H and O–H groups in total. The van der Waals surface area contributed by atoms with Crippen molar-refractivity contribution >= 4 is 26.7 Å². The molecule has 7 nitrogen and oxygen atoms in total. The van der Waals surface area contributed by atoms with E-state index in [1.807, 2.05) is 6.92 Å². The van der Waals surface area contributed by atoms with Crippen molar-refractivity contribution in [3.8, 4) is 0 Å². The lowest BCUT2D eigenvalue weighted by Gasteiger charge is -2.38. The first kappa shape index (κ1) is 26.6. The second-order valence-electron chi connectivity index (χ2n) is 10.9. The number of carboxylic acid groups (broad SMARTS) is 1. The summed E-state index contributed by atoms with van der Waals surface area (Å²) in [4.78, 5) is 37.8. The number of carbonyl (C=O) groups is 3. The number of carbonyl (C=O) groups excluding carboxylic acids is 2. The summed E-state index contributed by atoms with van der Waals surface area (Å²) in [5, 5.41) is 9.84. The zero-order valence-electron chi connectivity index (χ0n) is 20.2. The Morgan fingerprint density at radius 1 is 1.20 bits per heavy atom. The number of aldehydes is 1. The molecule has 1 aliphatic heterocycles. The Bertz CT molecular complexity index is 622. The number of carboxylic acids is 1. The molecule has 0 spiro atoms. The summed E-state index contributed by atoms with van der Waals surface area (Å²) in [6.07, 6.45) is 1.59. The van der Waals surface area contributed by atoms with E-state index in [1.54, 1.807) is 20.8 Å². The highest BCUT2D eigenvalue weighted by molar-refractivity contribution is 6.74. The topological polar surface area (TPSA) is 93.1 Å².